The lowest BCUT2D eigenvalue weighted by atomic mass is 10.2. The fourth-order valence-electron chi connectivity index (χ4n) is 3.29. The first-order valence-electron chi connectivity index (χ1n) is 10.9. The number of amidine groups is 1. The summed E-state index contributed by atoms with van der Waals surface area (Å²) in [7, 11) is 3.24. The molecule has 0 atom stereocenters. The van der Waals surface area contributed by atoms with Crippen molar-refractivity contribution in [3.63, 3.8) is 0 Å². The van der Waals surface area contributed by atoms with Crippen molar-refractivity contribution in [3.8, 4) is 11.5 Å². The van der Waals surface area contributed by atoms with E-state index in [0.29, 0.717) is 27.3 Å². The van der Waals surface area contributed by atoms with Crippen LogP contribution in [0, 0.1) is 6.92 Å². The third-order valence-corrected chi connectivity index (χ3v) is 6.22. The number of hydrogen-bond acceptors (Lipinski definition) is 6. The Balaban J connectivity index is 1.45. The van der Waals surface area contributed by atoms with Gasteiger partial charge in [0.05, 0.1) is 17.7 Å². The standard InChI is InChI=1S/C27H25N3O4S/c1-18-9-12-21(13-10-18)29-27-30(2)26(32)24(35-27)16-19-11-14-22(23(15-19)33-3)34-17-25(31)28-20-7-5-4-6-8-20/h4-16H,17H2,1-3H3,(H,28,31)/b24-16+,29-27?. The number of rotatable bonds is 7. The number of aryl methyl sites for hydroxylation is 1. The van der Waals surface area contributed by atoms with Crippen molar-refractivity contribution in [1.29, 1.82) is 0 Å². The van der Waals surface area contributed by atoms with Crippen LogP contribution in [0.3, 0.4) is 0 Å². The molecule has 0 unspecified atom stereocenters. The van der Waals surface area contributed by atoms with Gasteiger partial charge in [-0.05, 0) is 66.7 Å². The number of nitrogens with one attached hydrogen (secondary N) is 1. The lowest BCUT2D eigenvalue weighted by molar-refractivity contribution is -0.121. The number of hydrogen-bond donors (Lipinski definition) is 1. The van der Waals surface area contributed by atoms with Gasteiger partial charge >= 0.3 is 0 Å². The average Bonchev–Trinajstić information content (AvgIpc) is 3.12. The van der Waals surface area contributed by atoms with Crippen molar-refractivity contribution in [3.05, 3.63) is 88.8 Å². The molecule has 1 heterocycles. The van der Waals surface area contributed by atoms with Gasteiger partial charge in [0.15, 0.2) is 23.3 Å². The Kier molecular flexibility index (Phi) is 7.52. The van der Waals surface area contributed by atoms with E-state index in [1.807, 2.05) is 55.5 Å². The number of aliphatic imine (C=N–C) groups is 1. The maximum Gasteiger partial charge on any atom is 0.266 e. The van der Waals surface area contributed by atoms with Gasteiger partial charge in [0.1, 0.15) is 0 Å². The van der Waals surface area contributed by atoms with Crippen LogP contribution >= 0.6 is 11.8 Å². The van der Waals surface area contributed by atoms with E-state index in [2.05, 4.69) is 10.3 Å². The molecule has 0 spiro atoms. The quantitative estimate of drug-likeness (QED) is 0.460. The fourth-order valence-corrected chi connectivity index (χ4v) is 4.27. The minimum Gasteiger partial charge on any atom is -0.493 e. The van der Waals surface area contributed by atoms with E-state index in [-0.39, 0.29) is 18.4 Å². The molecule has 1 fully saturated rings. The third-order valence-electron chi connectivity index (χ3n) is 5.16. The van der Waals surface area contributed by atoms with E-state index in [1.165, 1.54) is 23.8 Å². The summed E-state index contributed by atoms with van der Waals surface area (Å²) in [5.74, 6) is 0.491. The molecule has 0 radical (unpaired) electrons. The number of thioether (sulfide) groups is 1. The van der Waals surface area contributed by atoms with Gasteiger partial charge in [-0.25, -0.2) is 4.99 Å². The van der Waals surface area contributed by atoms with Gasteiger partial charge in [-0.3, -0.25) is 14.5 Å². The molecule has 7 nitrogen and oxygen atoms in total. The Morgan fingerprint density at radius 3 is 2.51 bits per heavy atom. The zero-order chi connectivity index (χ0) is 24.8. The summed E-state index contributed by atoms with van der Waals surface area (Å²) < 4.78 is 11.1. The van der Waals surface area contributed by atoms with E-state index in [0.717, 1.165) is 16.8 Å². The Morgan fingerprint density at radius 1 is 1.06 bits per heavy atom. The number of carbonyl (C=O) groups excluding carboxylic acids is 2. The number of anilines is 1. The number of carbonyl (C=O) groups is 2. The molecular formula is C27H25N3O4S. The number of benzene rings is 3. The minimum atomic E-state index is -0.277. The van der Waals surface area contributed by atoms with Gasteiger partial charge in [0.25, 0.3) is 11.8 Å². The van der Waals surface area contributed by atoms with Crippen LogP contribution in [-0.2, 0) is 9.59 Å². The van der Waals surface area contributed by atoms with Crippen molar-refractivity contribution in [2.75, 3.05) is 26.1 Å². The Hall–Kier alpha value is -4.04. The van der Waals surface area contributed by atoms with Crippen molar-refractivity contribution in [2.24, 2.45) is 4.99 Å². The topological polar surface area (TPSA) is 80.2 Å². The summed E-state index contributed by atoms with van der Waals surface area (Å²) in [5, 5.41) is 3.38. The number of para-hydroxylation sites is 1. The van der Waals surface area contributed by atoms with Gasteiger partial charge in [0, 0.05) is 12.7 Å². The average molecular weight is 488 g/mol. The highest BCUT2D eigenvalue weighted by Gasteiger charge is 2.30. The molecular weight excluding hydrogens is 462 g/mol. The molecule has 1 aliphatic rings. The highest BCUT2D eigenvalue weighted by molar-refractivity contribution is 8.18. The van der Waals surface area contributed by atoms with Crippen LogP contribution in [0.4, 0.5) is 11.4 Å². The summed E-state index contributed by atoms with van der Waals surface area (Å²) in [6.07, 6.45) is 1.79. The summed E-state index contributed by atoms with van der Waals surface area (Å²) in [5.41, 5.74) is 3.41. The first kappa shape index (κ1) is 24.1. The smallest absolute Gasteiger partial charge is 0.266 e. The number of nitrogens with zero attached hydrogens (tertiary/aromatic N) is 2. The van der Waals surface area contributed by atoms with Gasteiger partial charge in [0.2, 0.25) is 0 Å². The second kappa shape index (κ2) is 10.9. The molecule has 1 saturated heterocycles. The van der Waals surface area contributed by atoms with Gasteiger partial charge < -0.3 is 14.8 Å². The first-order chi connectivity index (χ1) is 16.9. The minimum absolute atomic E-state index is 0.127. The van der Waals surface area contributed by atoms with Crippen molar-refractivity contribution >= 4 is 46.2 Å². The summed E-state index contributed by atoms with van der Waals surface area (Å²) in [6.45, 7) is 1.85. The summed E-state index contributed by atoms with van der Waals surface area (Å²) >= 11 is 1.32. The largest absolute Gasteiger partial charge is 0.493 e. The van der Waals surface area contributed by atoms with Crippen LogP contribution < -0.4 is 14.8 Å². The van der Waals surface area contributed by atoms with Crippen LogP contribution in [0.1, 0.15) is 11.1 Å². The van der Waals surface area contributed by atoms with Crippen molar-refractivity contribution in [2.45, 2.75) is 6.92 Å². The first-order valence-corrected chi connectivity index (χ1v) is 11.7. The number of amides is 2. The van der Waals surface area contributed by atoms with E-state index in [1.54, 1.807) is 37.4 Å². The molecule has 1 aliphatic heterocycles. The predicted octanol–water partition coefficient (Wildman–Crippen LogP) is 5.25. The van der Waals surface area contributed by atoms with Gasteiger partial charge in [-0.15, -0.1) is 0 Å². The molecule has 178 valence electrons. The molecule has 2 amide bonds. The second-order valence-electron chi connectivity index (χ2n) is 7.82. The summed E-state index contributed by atoms with van der Waals surface area (Å²) in [4.78, 5) is 31.6. The maximum atomic E-state index is 12.8. The number of ether oxygens (including phenoxy) is 2. The fraction of sp³-hybridized carbons (Fsp3) is 0.148. The van der Waals surface area contributed by atoms with Gasteiger partial charge in [-0.1, -0.05) is 42.0 Å². The molecule has 3 aromatic rings. The van der Waals surface area contributed by atoms with Crippen molar-refractivity contribution < 1.29 is 19.1 Å². The summed E-state index contributed by atoms with van der Waals surface area (Å²) in [6, 6.07) is 22.3. The Morgan fingerprint density at radius 2 is 1.80 bits per heavy atom. The number of likely N-dealkylation sites (N-methyl/N-ethyl adjacent to an activating group) is 1. The van der Waals surface area contributed by atoms with Crippen LogP contribution in [0.2, 0.25) is 0 Å². The lowest BCUT2D eigenvalue weighted by Crippen LogP contribution is -2.23. The predicted molar refractivity (Wildman–Crippen MR) is 140 cm³/mol. The molecule has 0 saturated carbocycles. The molecule has 8 heteroatoms. The monoisotopic (exact) mass is 487 g/mol. The van der Waals surface area contributed by atoms with Gasteiger partial charge in [-0.2, -0.15) is 0 Å². The number of methoxy groups -OCH3 is 1. The van der Waals surface area contributed by atoms with Crippen LogP contribution in [0.15, 0.2) is 82.7 Å². The highest BCUT2D eigenvalue weighted by atomic mass is 32.2. The van der Waals surface area contributed by atoms with E-state index in [9.17, 15) is 9.59 Å². The zero-order valence-electron chi connectivity index (χ0n) is 19.6. The molecule has 4 rings (SSSR count). The highest BCUT2D eigenvalue weighted by Crippen LogP contribution is 2.35. The SMILES string of the molecule is COc1cc(/C=C2/SC(=Nc3ccc(C)cc3)N(C)C2=O)ccc1OCC(=O)Nc1ccccc1. The molecule has 0 bridgehead atoms. The molecule has 0 aliphatic carbocycles. The van der Waals surface area contributed by atoms with Crippen LogP contribution in [0.5, 0.6) is 11.5 Å². The third kappa shape index (κ3) is 6.10. The molecule has 35 heavy (non-hydrogen) atoms. The van der Waals surface area contributed by atoms with E-state index < -0.39 is 0 Å². The Labute approximate surface area is 208 Å². The zero-order valence-corrected chi connectivity index (χ0v) is 20.5. The lowest BCUT2D eigenvalue weighted by Gasteiger charge is -2.11. The molecule has 3 aromatic carbocycles. The normalized spacial score (nSPS) is 15.5. The Bertz CT molecular complexity index is 1290. The second-order valence-corrected chi connectivity index (χ2v) is 8.83. The molecule has 1 N–H and O–H groups in total. The van der Waals surface area contributed by atoms with Crippen molar-refractivity contribution in [1.82, 2.24) is 4.90 Å². The van der Waals surface area contributed by atoms with E-state index in [4.69, 9.17) is 9.47 Å². The maximum absolute atomic E-state index is 12.8. The van der Waals surface area contributed by atoms with E-state index >= 15 is 0 Å². The van der Waals surface area contributed by atoms with Crippen LogP contribution in [0.25, 0.3) is 6.08 Å². The molecule has 0 aromatic heterocycles. The van der Waals surface area contributed by atoms with Crippen LogP contribution in [-0.4, -0.2) is 42.6 Å².